The highest BCUT2D eigenvalue weighted by Crippen LogP contribution is 2.33. The number of amides is 3. The second-order valence-electron chi connectivity index (χ2n) is 10.6. The number of aliphatic carboxylic acids is 1. The number of carboxylic acid groups (broad SMARTS) is 1. The lowest BCUT2D eigenvalue weighted by molar-refractivity contribution is -0.138. The van der Waals surface area contributed by atoms with Crippen molar-refractivity contribution < 1.29 is 37.4 Å². The summed E-state index contributed by atoms with van der Waals surface area (Å²) in [7, 11) is -0.910. The average molecular weight is 678 g/mol. The van der Waals surface area contributed by atoms with E-state index in [-0.39, 0.29) is 41.1 Å². The second-order valence-corrected chi connectivity index (χ2v) is 14.9. The summed E-state index contributed by atoms with van der Waals surface area (Å²) in [5.74, 6) is -2.47. The molecule has 1 atom stereocenters. The number of benzene rings is 1. The lowest BCUT2D eigenvalue weighted by Crippen LogP contribution is -2.57. The van der Waals surface area contributed by atoms with Gasteiger partial charge in [-0.15, -0.1) is 22.7 Å². The number of aromatic nitrogens is 1. The fourth-order valence-corrected chi connectivity index (χ4v) is 9.29. The van der Waals surface area contributed by atoms with E-state index in [1.165, 1.54) is 33.7 Å². The summed E-state index contributed by atoms with van der Waals surface area (Å²) in [6.07, 6.45) is -0.397. The molecule has 18 heteroatoms. The molecule has 1 aromatic carbocycles. The molecule has 3 amide bonds. The number of hydrogen-bond acceptors (Lipinski definition) is 12. The lowest BCUT2D eigenvalue weighted by atomic mass is 10.1. The maximum Gasteiger partial charge on any atom is 0.412 e. The van der Waals surface area contributed by atoms with Gasteiger partial charge in [0, 0.05) is 60.7 Å². The third-order valence-electron chi connectivity index (χ3n) is 7.46. The standard InChI is InChI=1S/C27H31N7O8S3/c1-32-6-5-18-20(14-32)44-25(30-18)26(38)34-8-7-33(13-17(34)11-21(35)29-12-22(36)37)45(40,41)23-10-16-9-15(3-4-19(16)43-23)24(28)31-27(39)42-2/h3-4,9-10,17H,5-8,11-14H2,1-2H3,(H,29,35)(H,36,37)(H2,28,31,39). The van der Waals surface area contributed by atoms with Crippen LogP contribution < -0.4 is 10.6 Å². The number of methoxy groups -OCH3 is 1. The van der Waals surface area contributed by atoms with E-state index in [1.807, 2.05) is 7.05 Å². The highest BCUT2D eigenvalue weighted by molar-refractivity contribution is 7.91. The van der Waals surface area contributed by atoms with E-state index < -0.39 is 46.5 Å². The number of amidine groups is 1. The molecule has 0 radical (unpaired) electrons. The molecular weight excluding hydrogens is 647 g/mol. The normalized spacial score (nSPS) is 17.5. The van der Waals surface area contributed by atoms with Crippen molar-refractivity contribution in [2.75, 3.05) is 46.9 Å². The van der Waals surface area contributed by atoms with Crippen LogP contribution in [0.4, 0.5) is 4.79 Å². The lowest BCUT2D eigenvalue weighted by Gasteiger charge is -2.40. The van der Waals surface area contributed by atoms with Crippen LogP contribution in [0.3, 0.4) is 0 Å². The molecule has 3 aromatic rings. The van der Waals surface area contributed by atoms with Crippen molar-refractivity contribution in [1.29, 1.82) is 5.41 Å². The van der Waals surface area contributed by atoms with Crippen molar-refractivity contribution in [2.24, 2.45) is 0 Å². The first kappa shape index (κ1) is 32.4. The van der Waals surface area contributed by atoms with Gasteiger partial charge in [-0.1, -0.05) is 0 Å². The summed E-state index contributed by atoms with van der Waals surface area (Å²) in [5.41, 5.74) is 1.22. The average Bonchev–Trinajstić information content (AvgIpc) is 3.63. The van der Waals surface area contributed by atoms with Gasteiger partial charge in [0.05, 0.1) is 18.8 Å². The van der Waals surface area contributed by atoms with Crippen molar-refractivity contribution in [2.45, 2.75) is 29.6 Å². The Kier molecular flexibility index (Phi) is 9.49. The molecule has 2 aromatic heterocycles. The number of thiazole rings is 1. The van der Waals surface area contributed by atoms with Crippen LogP contribution in [0.5, 0.6) is 0 Å². The Hall–Kier alpha value is -3.97. The SMILES string of the molecule is COC(=O)NC(=N)c1ccc2sc(S(=O)(=O)N3CCN(C(=O)c4nc5c(s4)CN(C)CC5)C(CC(=O)NCC(=O)O)C3)cc2c1. The predicted molar refractivity (Wildman–Crippen MR) is 165 cm³/mol. The highest BCUT2D eigenvalue weighted by Gasteiger charge is 2.39. The van der Waals surface area contributed by atoms with E-state index in [9.17, 15) is 27.6 Å². The third-order valence-corrected chi connectivity index (χ3v) is 12.0. The highest BCUT2D eigenvalue weighted by atomic mass is 32.2. The number of carboxylic acids is 1. The fourth-order valence-electron chi connectivity index (χ4n) is 5.14. The Balaban J connectivity index is 1.38. The Morgan fingerprint density at radius 3 is 2.67 bits per heavy atom. The Bertz CT molecular complexity index is 1790. The molecule has 5 rings (SSSR count). The smallest absolute Gasteiger partial charge is 0.412 e. The van der Waals surface area contributed by atoms with Crippen LogP contribution in [0.15, 0.2) is 28.5 Å². The molecule has 4 heterocycles. The van der Waals surface area contributed by atoms with Gasteiger partial charge >= 0.3 is 12.1 Å². The third kappa shape index (κ3) is 7.14. The first-order valence-corrected chi connectivity index (χ1v) is 16.9. The second kappa shape index (κ2) is 13.2. The summed E-state index contributed by atoms with van der Waals surface area (Å²) in [5, 5.41) is 22.4. The predicted octanol–water partition coefficient (Wildman–Crippen LogP) is 1.13. The molecule has 0 aliphatic carbocycles. The van der Waals surface area contributed by atoms with Gasteiger partial charge in [-0.05, 0) is 36.7 Å². The first-order chi connectivity index (χ1) is 21.3. The molecule has 4 N–H and O–H groups in total. The number of carbonyl (C=O) groups excluding carboxylic acids is 3. The molecule has 1 unspecified atom stereocenters. The summed E-state index contributed by atoms with van der Waals surface area (Å²) in [6.45, 7) is 0.680. The number of fused-ring (bicyclic) bond motifs is 2. The number of nitrogens with zero attached hydrogens (tertiary/aromatic N) is 4. The van der Waals surface area contributed by atoms with Gasteiger partial charge in [0.1, 0.15) is 16.6 Å². The topological polar surface area (TPSA) is 202 Å². The van der Waals surface area contributed by atoms with Crippen LogP contribution in [0.2, 0.25) is 0 Å². The molecule has 0 saturated carbocycles. The van der Waals surface area contributed by atoms with Gasteiger partial charge in [0.15, 0.2) is 5.01 Å². The number of carbonyl (C=O) groups is 4. The number of thiophene rings is 1. The number of rotatable bonds is 8. The van der Waals surface area contributed by atoms with Crippen molar-refractivity contribution in [3.05, 3.63) is 45.4 Å². The Morgan fingerprint density at radius 1 is 1.16 bits per heavy atom. The zero-order valence-corrected chi connectivity index (χ0v) is 26.8. The Labute approximate surface area is 266 Å². The number of hydrogen-bond donors (Lipinski definition) is 4. The number of piperazine rings is 1. The number of alkyl carbamates (subject to hydrolysis) is 1. The van der Waals surface area contributed by atoms with Crippen LogP contribution in [0, 0.1) is 5.41 Å². The molecule has 1 saturated heterocycles. The molecule has 45 heavy (non-hydrogen) atoms. The van der Waals surface area contributed by atoms with Crippen LogP contribution >= 0.6 is 22.7 Å². The Morgan fingerprint density at radius 2 is 1.93 bits per heavy atom. The van der Waals surface area contributed by atoms with Crippen LogP contribution in [-0.4, -0.2) is 115 Å². The van der Waals surface area contributed by atoms with Crippen LogP contribution in [-0.2, 0) is 37.3 Å². The summed E-state index contributed by atoms with van der Waals surface area (Å²) >= 11 is 2.32. The largest absolute Gasteiger partial charge is 0.480 e. The van der Waals surface area contributed by atoms with Gasteiger partial charge in [-0.2, -0.15) is 4.31 Å². The van der Waals surface area contributed by atoms with E-state index in [0.717, 1.165) is 28.5 Å². The van der Waals surface area contributed by atoms with Gasteiger partial charge in [0.25, 0.3) is 15.9 Å². The number of likely N-dealkylation sites (N-methyl/N-ethyl adjacent to an activating group) is 1. The maximum absolute atomic E-state index is 13.8. The zero-order valence-electron chi connectivity index (χ0n) is 24.4. The molecule has 240 valence electrons. The first-order valence-electron chi connectivity index (χ1n) is 13.8. The van der Waals surface area contributed by atoms with Crippen molar-refractivity contribution in [3.63, 3.8) is 0 Å². The van der Waals surface area contributed by atoms with E-state index in [1.54, 1.807) is 18.2 Å². The molecular formula is C27H31N7O8S3. The minimum absolute atomic E-state index is 0.00446. The van der Waals surface area contributed by atoms with Crippen molar-refractivity contribution in [1.82, 2.24) is 29.7 Å². The van der Waals surface area contributed by atoms with Gasteiger partial charge in [-0.25, -0.2) is 18.2 Å². The minimum atomic E-state index is -4.07. The summed E-state index contributed by atoms with van der Waals surface area (Å²) in [4.78, 5) is 58.0. The number of ether oxygens (including phenoxy) is 1. The monoisotopic (exact) mass is 677 g/mol. The molecule has 0 spiro atoms. The quantitative estimate of drug-likeness (QED) is 0.198. The van der Waals surface area contributed by atoms with Gasteiger partial charge < -0.3 is 25.0 Å². The minimum Gasteiger partial charge on any atom is -0.480 e. The fraction of sp³-hybridized carbons (Fsp3) is 0.407. The van der Waals surface area contributed by atoms with Crippen LogP contribution in [0.25, 0.3) is 10.1 Å². The molecule has 2 aliphatic rings. The zero-order chi connectivity index (χ0) is 32.5. The van der Waals surface area contributed by atoms with Gasteiger partial charge in [-0.3, -0.25) is 25.1 Å². The number of sulfonamides is 1. The van der Waals surface area contributed by atoms with Crippen LogP contribution in [0.1, 0.15) is 32.4 Å². The number of nitrogens with one attached hydrogen (secondary N) is 3. The van der Waals surface area contributed by atoms with E-state index >= 15 is 0 Å². The summed E-state index contributed by atoms with van der Waals surface area (Å²) < 4.78 is 34.1. The molecule has 1 fully saturated rings. The van der Waals surface area contributed by atoms with E-state index in [4.69, 9.17) is 10.5 Å². The van der Waals surface area contributed by atoms with E-state index in [2.05, 4.69) is 25.3 Å². The molecule has 15 nitrogen and oxygen atoms in total. The van der Waals surface area contributed by atoms with Crippen molar-refractivity contribution >= 4 is 72.5 Å². The summed E-state index contributed by atoms with van der Waals surface area (Å²) in [6, 6.07) is 5.43. The molecule has 2 aliphatic heterocycles. The van der Waals surface area contributed by atoms with Crippen molar-refractivity contribution in [3.8, 4) is 0 Å². The maximum atomic E-state index is 13.8. The van der Waals surface area contributed by atoms with E-state index in [0.29, 0.717) is 28.6 Å². The van der Waals surface area contributed by atoms with Gasteiger partial charge in [0.2, 0.25) is 5.91 Å². The molecule has 0 bridgehead atoms.